The van der Waals surface area contributed by atoms with Gasteiger partial charge in [-0.1, -0.05) is 36.5 Å². The third-order valence-electron chi connectivity index (χ3n) is 4.80. The topological polar surface area (TPSA) is 32.3 Å². The van der Waals surface area contributed by atoms with Crippen LogP contribution in [0.1, 0.15) is 44.5 Å². The summed E-state index contributed by atoms with van der Waals surface area (Å²) in [6, 6.07) is 5.65. The van der Waals surface area contributed by atoms with E-state index in [1.165, 1.54) is 18.4 Å². The highest BCUT2D eigenvalue weighted by molar-refractivity contribution is 6.36. The van der Waals surface area contributed by atoms with E-state index in [-0.39, 0.29) is 0 Å². The predicted molar refractivity (Wildman–Crippen MR) is 111 cm³/mol. The van der Waals surface area contributed by atoms with Gasteiger partial charge in [0.2, 0.25) is 0 Å². The zero-order chi connectivity index (χ0) is 18.7. The van der Waals surface area contributed by atoms with Gasteiger partial charge in [-0.25, -0.2) is 9.97 Å². The molecule has 1 aromatic carbocycles. The van der Waals surface area contributed by atoms with Crippen LogP contribution < -0.4 is 9.80 Å². The Balaban J connectivity index is 2.07. The van der Waals surface area contributed by atoms with Crippen molar-refractivity contribution in [3.8, 4) is 0 Å². The summed E-state index contributed by atoms with van der Waals surface area (Å²) in [5, 5.41) is 1.30. The van der Waals surface area contributed by atoms with Crippen molar-refractivity contribution < 1.29 is 0 Å². The first kappa shape index (κ1) is 19.2. The Morgan fingerprint density at radius 3 is 2.69 bits per heavy atom. The lowest BCUT2D eigenvalue weighted by atomic mass is 10.0. The molecule has 1 aliphatic rings. The predicted octanol–water partition coefficient (Wildman–Crippen LogP) is 5.80. The molecule has 1 aliphatic heterocycles. The second-order valence-electron chi connectivity index (χ2n) is 6.68. The molecule has 0 atom stereocenters. The van der Waals surface area contributed by atoms with Crippen molar-refractivity contribution in [2.45, 2.75) is 46.5 Å². The molecule has 0 fully saturated rings. The van der Waals surface area contributed by atoms with E-state index in [1.807, 2.05) is 19.1 Å². The first-order chi connectivity index (χ1) is 12.5. The summed E-state index contributed by atoms with van der Waals surface area (Å²) in [5.74, 6) is 2.86. The van der Waals surface area contributed by atoms with Crippen molar-refractivity contribution in [1.29, 1.82) is 0 Å². The number of benzene rings is 1. The van der Waals surface area contributed by atoms with Gasteiger partial charge in [-0.2, -0.15) is 0 Å². The van der Waals surface area contributed by atoms with E-state index in [1.54, 1.807) is 6.07 Å². The van der Waals surface area contributed by atoms with Crippen LogP contribution in [0.25, 0.3) is 0 Å². The van der Waals surface area contributed by atoms with Gasteiger partial charge in [-0.3, -0.25) is 0 Å². The minimum atomic E-state index is 0.646. The molecule has 0 saturated heterocycles. The van der Waals surface area contributed by atoms with Gasteiger partial charge in [0.1, 0.15) is 17.5 Å². The zero-order valence-corrected chi connectivity index (χ0v) is 17.2. The average molecular weight is 393 g/mol. The lowest BCUT2D eigenvalue weighted by Crippen LogP contribution is -2.31. The smallest absolute Gasteiger partial charge is 0.142 e. The number of hydrogen-bond acceptors (Lipinski definition) is 4. The van der Waals surface area contributed by atoms with Gasteiger partial charge in [0, 0.05) is 30.2 Å². The van der Waals surface area contributed by atoms with E-state index in [9.17, 15) is 0 Å². The Kier molecular flexibility index (Phi) is 6.25. The fourth-order valence-corrected chi connectivity index (χ4v) is 4.00. The quantitative estimate of drug-likeness (QED) is 0.621. The normalized spacial score (nSPS) is 13.7. The number of aromatic nitrogens is 2. The van der Waals surface area contributed by atoms with Crippen LogP contribution in [0.2, 0.25) is 10.0 Å². The highest BCUT2D eigenvalue weighted by atomic mass is 35.5. The van der Waals surface area contributed by atoms with Gasteiger partial charge < -0.3 is 9.80 Å². The fourth-order valence-electron chi connectivity index (χ4n) is 3.49. The summed E-state index contributed by atoms with van der Waals surface area (Å²) in [7, 11) is 0. The maximum Gasteiger partial charge on any atom is 0.142 e. The fraction of sp³-hybridized carbons (Fsp3) is 0.500. The highest BCUT2D eigenvalue weighted by Gasteiger charge is 2.27. The summed E-state index contributed by atoms with van der Waals surface area (Å²) in [5.41, 5.74) is 2.18. The Morgan fingerprint density at radius 2 is 2.00 bits per heavy atom. The number of aryl methyl sites for hydroxylation is 1. The maximum absolute atomic E-state index is 6.49. The molecular weight excluding hydrogens is 367 g/mol. The Labute approximate surface area is 166 Å². The van der Waals surface area contributed by atoms with E-state index in [4.69, 9.17) is 33.2 Å². The first-order valence-corrected chi connectivity index (χ1v) is 10.2. The zero-order valence-electron chi connectivity index (χ0n) is 15.7. The van der Waals surface area contributed by atoms with Gasteiger partial charge in [0.05, 0.1) is 10.7 Å². The van der Waals surface area contributed by atoms with E-state index in [2.05, 4.69) is 23.6 Å². The molecular formula is C20H26Cl2N4. The molecule has 1 aromatic heterocycles. The molecule has 0 N–H and O–H groups in total. The van der Waals surface area contributed by atoms with Gasteiger partial charge >= 0.3 is 0 Å². The molecule has 0 aliphatic carbocycles. The lowest BCUT2D eigenvalue weighted by molar-refractivity contribution is 0.695. The average Bonchev–Trinajstić information content (AvgIpc) is 2.62. The van der Waals surface area contributed by atoms with Crippen LogP contribution in [-0.2, 0) is 6.42 Å². The van der Waals surface area contributed by atoms with Gasteiger partial charge in [0.15, 0.2) is 0 Å². The third kappa shape index (κ3) is 3.91. The van der Waals surface area contributed by atoms with Crippen LogP contribution in [0.15, 0.2) is 18.2 Å². The molecule has 0 radical (unpaired) electrons. The molecule has 0 saturated carbocycles. The second kappa shape index (κ2) is 8.45. The van der Waals surface area contributed by atoms with E-state index in [0.717, 1.165) is 55.6 Å². The summed E-state index contributed by atoms with van der Waals surface area (Å²) >= 11 is 12.6. The van der Waals surface area contributed by atoms with Crippen molar-refractivity contribution in [1.82, 2.24) is 9.97 Å². The van der Waals surface area contributed by atoms with E-state index < -0.39 is 0 Å². The van der Waals surface area contributed by atoms with Gasteiger partial charge in [-0.15, -0.1) is 0 Å². The number of unbranched alkanes of at least 4 members (excludes halogenated alkanes) is 1. The Bertz CT molecular complexity index is 779. The second-order valence-corrected chi connectivity index (χ2v) is 7.52. The van der Waals surface area contributed by atoms with Crippen LogP contribution in [0.4, 0.5) is 17.3 Å². The molecule has 2 heterocycles. The van der Waals surface area contributed by atoms with Gasteiger partial charge in [-0.05, 0) is 51.3 Å². The molecule has 3 rings (SSSR count). The van der Waals surface area contributed by atoms with Crippen LogP contribution in [0, 0.1) is 6.92 Å². The molecule has 0 amide bonds. The Hall–Kier alpha value is -1.52. The van der Waals surface area contributed by atoms with Crippen LogP contribution in [-0.4, -0.2) is 29.6 Å². The maximum atomic E-state index is 6.49. The van der Waals surface area contributed by atoms with E-state index in [0.29, 0.717) is 10.0 Å². The molecule has 0 unspecified atom stereocenters. The lowest BCUT2D eigenvalue weighted by Gasteiger charge is -2.34. The molecule has 2 aromatic rings. The molecule has 0 spiro atoms. The number of halogens is 2. The number of fused-ring (bicyclic) bond motifs is 1. The van der Waals surface area contributed by atoms with Crippen LogP contribution >= 0.6 is 23.2 Å². The summed E-state index contributed by atoms with van der Waals surface area (Å²) < 4.78 is 0. The molecule has 0 bridgehead atoms. The molecule has 26 heavy (non-hydrogen) atoms. The molecule has 4 nitrogen and oxygen atoms in total. The van der Waals surface area contributed by atoms with Gasteiger partial charge in [0.25, 0.3) is 0 Å². The number of anilines is 3. The van der Waals surface area contributed by atoms with Crippen LogP contribution in [0.3, 0.4) is 0 Å². The van der Waals surface area contributed by atoms with Crippen molar-refractivity contribution >= 4 is 40.5 Å². The SMILES string of the molecule is CCCCN(CC)c1nc(C)nc2c1CCCN2c1ccc(Cl)cc1Cl. The third-order valence-corrected chi connectivity index (χ3v) is 5.34. The largest absolute Gasteiger partial charge is 0.356 e. The number of rotatable bonds is 6. The van der Waals surface area contributed by atoms with Crippen molar-refractivity contribution in [2.24, 2.45) is 0 Å². The molecule has 6 heteroatoms. The summed E-state index contributed by atoms with van der Waals surface area (Å²) in [4.78, 5) is 14.2. The standard InChI is InChI=1S/C20H26Cl2N4/c1-4-6-11-25(5-2)19-16-8-7-12-26(20(16)24-14(3)23-19)18-10-9-15(21)13-17(18)22/h9-10,13H,4-8,11-12H2,1-3H3. The number of nitrogens with zero attached hydrogens (tertiary/aromatic N) is 4. The van der Waals surface area contributed by atoms with Crippen LogP contribution in [0.5, 0.6) is 0 Å². The van der Waals surface area contributed by atoms with Crippen molar-refractivity contribution in [3.05, 3.63) is 39.6 Å². The number of hydrogen-bond donors (Lipinski definition) is 0. The summed E-state index contributed by atoms with van der Waals surface area (Å²) in [6.07, 6.45) is 4.39. The first-order valence-electron chi connectivity index (χ1n) is 9.40. The van der Waals surface area contributed by atoms with E-state index >= 15 is 0 Å². The minimum Gasteiger partial charge on any atom is -0.356 e. The monoisotopic (exact) mass is 392 g/mol. The Morgan fingerprint density at radius 1 is 1.19 bits per heavy atom. The highest BCUT2D eigenvalue weighted by Crippen LogP contribution is 2.39. The minimum absolute atomic E-state index is 0.646. The van der Waals surface area contributed by atoms with Crippen molar-refractivity contribution in [3.63, 3.8) is 0 Å². The summed E-state index contributed by atoms with van der Waals surface area (Å²) in [6.45, 7) is 9.25. The molecule has 140 valence electrons. The van der Waals surface area contributed by atoms with Crippen molar-refractivity contribution in [2.75, 3.05) is 29.4 Å².